The van der Waals surface area contributed by atoms with Gasteiger partial charge in [0.05, 0.1) is 15.7 Å². The lowest BCUT2D eigenvalue weighted by Gasteiger charge is -2.25. The summed E-state index contributed by atoms with van der Waals surface area (Å²) in [5.74, 6) is -0.964. The minimum atomic E-state index is -4.46. The minimum absolute atomic E-state index is 0.0622. The highest BCUT2D eigenvalue weighted by atomic mass is 32.2. The number of rotatable bonds is 5. The average Bonchev–Trinajstić information content (AvgIpc) is 3.18. The molecule has 27 heavy (non-hydrogen) atoms. The Bertz CT molecular complexity index is 998. The van der Waals surface area contributed by atoms with Crippen molar-refractivity contribution in [1.29, 1.82) is 0 Å². The van der Waals surface area contributed by atoms with E-state index in [1.54, 1.807) is 0 Å². The van der Waals surface area contributed by atoms with Gasteiger partial charge in [0.25, 0.3) is 20.2 Å². The van der Waals surface area contributed by atoms with E-state index in [1.807, 2.05) is 6.92 Å². The van der Waals surface area contributed by atoms with Crippen LogP contribution in [0.5, 0.6) is 0 Å². The molecular formula is C17H20O8S2. The summed E-state index contributed by atoms with van der Waals surface area (Å²) >= 11 is 0. The summed E-state index contributed by atoms with van der Waals surface area (Å²) in [4.78, 5) is 12.4. The first-order valence-electron chi connectivity index (χ1n) is 8.85. The average molecular weight is 416 g/mol. The molecule has 2 bridgehead atoms. The maximum atomic E-state index is 12.8. The van der Waals surface area contributed by atoms with Crippen molar-refractivity contribution < 1.29 is 35.1 Å². The Morgan fingerprint density at radius 1 is 1.33 bits per heavy atom. The number of ether oxygens (including phenoxy) is 1. The molecule has 3 aliphatic rings. The maximum absolute atomic E-state index is 12.8. The third-order valence-electron chi connectivity index (χ3n) is 5.78. The van der Waals surface area contributed by atoms with Crippen LogP contribution in [0, 0.1) is 11.8 Å². The van der Waals surface area contributed by atoms with Crippen LogP contribution >= 0.6 is 0 Å². The lowest BCUT2D eigenvalue weighted by Crippen LogP contribution is -2.37. The third kappa shape index (κ3) is 3.08. The Kier molecular flexibility index (Phi) is 4.37. The summed E-state index contributed by atoms with van der Waals surface area (Å²) in [6.45, 7) is 1.92. The first-order chi connectivity index (χ1) is 12.6. The number of carbonyl (C=O) groups is 1. The van der Waals surface area contributed by atoms with Crippen molar-refractivity contribution >= 4 is 26.2 Å². The van der Waals surface area contributed by atoms with Gasteiger partial charge in [0, 0.05) is 11.8 Å². The highest BCUT2D eigenvalue weighted by Gasteiger charge is 2.65. The summed E-state index contributed by atoms with van der Waals surface area (Å²) in [6.07, 6.45) is 0.976. The molecule has 148 valence electrons. The summed E-state index contributed by atoms with van der Waals surface area (Å²) < 4.78 is 66.9. The Labute approximate surface area is 157 Å². The zero-order valence-corrected chi connectivity index (χ0v) is 16.2. The van der Waals surface area contributed by atoms with Gasteiger partial charge < -0.3 is 4.74 Å². The Morgan fingerprint density at radius 2 is 2.07 bits per heavy atom. The molecule has 0 aromatic heterocycles. The lowest BCUT2D eigenvalue weighted by atomic mass is 9.94. The number of esters is 1. The second-order valence-electron chi connectivity index (χ2n) is 7.40. The third-order valence-corrected chi connectivity index (χ3v) is 8.40. The van der Waals surface area contributed by atoms with Crippen LogP contribution in [0.2, 0.25) is 0 Å². The second kappa shape index (κ2) is 6.26. The van der Waals surface area contributed by atoms with Gasteiger partial charge >= 0.3 is 5.97 Å². The van der Waals surface area contributed by atoms with Crippen LogP contribution in [0.1, 0.15) is 42.1 Å². The van der Waals surface area contributed by atoms with Crippen molar-refractivity contribution in [3.63, 3.8) is 0 Å². The van der Waals surface area contributed by atoms with E-state index in [9.17, 15) is 26.2 Å². The van der Waals surface area contributed by atoms with Crippen molar-refractivity contribution in [2.45, 2.75) is 55.0 Å². The Hall–Kier alpha value is -1.49. The number of benzene rings is 1. The van der Waals surface area contributed by atoms with Gasteiger partial charge in [0.1, 0.15) is 12.2 Å². The van der Waals surface area contributed by atoms with Gasteiger partial charge in [-0.2, -0.15) is 16.8 Å². The Balaban J connectivity index is 1.62. The van der Waals surface area contributed by atoms with Gasteiger partial charge in [-0.1, -0.05) is 19.4 Å². The summed E-state index contributed by atoms with van der Waals surface area (Å²) in [5, 5.41) is -0.513. The van der Waals surface area contributed by atoms with Crippen LogP contribution in [-0.4, -0.2) is 44.8 Å². The predicted molar refractivity (Wildman–Crippen MR) is 93.2 cm³/mol. The fourth-order valence-electron chi connectivity index (χ4n) is 4.62. The molecule has 2 aliphatic carbocycles. The van der Waals surface area contributed by atoms with E-state index in [-0.39, 0.29) is 22.3 Å². The van der Waals surface area contributed by atoms with Crippen LogP contribution in [0.25, 0.3) is 0 Å². The van der Waals surface area contributed by atoms with Crippen molar-refractivity contribution in [3.05, 3.63) is 29.3 Å². The number of hydrogen-bond donors (Lipinski definition) is 1. The van der Waals surface area contributed by atoms with Gasteiger partial charge in [0.15, 0.2) is 0 Å². The van der Waals surface area contributed by atoms with E-state index in [2.05, 4.69) is 0 Å². The SMILES string of the molecule is CCCc1ccc(S(=O)(=O)O)cc1C(=O)OC1C2CC3C1OS(=O)(=O)C3C2. The van der Waals surface area contributed by atoms with Gasteiger partial charge in [-0.3, -0.25) is 8.74 Å². The largest absolute Gasteiger partial charge is 0.456 e. The van der Waals surface area contributed by atoms with Gasteiger partial charge in [-0.15, -0.1) is 0 Å². The molecule has 5 atom stereocenters. The fraction of sp³-hybridized carbons (Fsp3) is 0.588. The molecule has 10 heteroatoms. The summed E-state index contributed by atoms with van der Waals surface area (Å²) in [5.41, 5.74) is 0.669. The van der Waals surface area contributed by atoms with E-state index in [4.69, 9.17) is 8.92 Å². The molecule has 1 aliphatic heterocycles. The van der Waals surface area contributed by atoms with Gasteiger partial charge in [-0.05, 0) is 37.0 Å². The van der Waals surface area contributed by atoms with Crippen LogP contribution in [0.3, 0.4) is 0 Å². The summed E-state index contributed by atoms with van der Waals surface area (Å²) in [7, 11) is -8.07. The van der Waals surface area contributed by atoms with Crippen molar-refractivity contribution in [2.24, 2.45) is 11.8 Å². The molecule has 1 aromatic carbocycles. The molecule has 1 saturated heterocycles. The second-order valence-corrected chi connectivity index (χ2v) is 10.6. The van der Waals surface area contributed by atoms with Crippen molar-refractivity contribution in [2.75, 3.05) is 0 Å². The molecule has 5 unspecified atom stereocenters. The van der Waals surface area contributed by atoms with E-state index in [0.29, 0.717) is 24.8 Å². The van der Waals surface area contributed by atoms with E-state index < -0.39 is 43.7 Å². The Morgan fingerprint density at radius 3 is 2.74 bits per heavy atom. The zero-order valence-electron chi connectivity index (χ0n) is 14.6. The topological polar surface area (TPSA) is 124 Å². The standard InChI is InChI=1S/C17H20O8S2/c1-2-3-9-4-5-11(26(19,20)21)8-12(9)17(18)24-15-10-6-13-14(7-10)27(22,23)25-16(13)15/h4-5,8,10,13-16H,2-3,6-7H2,1H3,(H,19,20,21). The molecule has 2 saturated carbocycles. The van der Waals surface area contributed by atoms with Crippen LogP contribution < -0.4 is 0 Å². The van der Waals surface area contributed by atoms with Crippen molar-refractivity contribution in [1.82, 2.24) is 0 Å². The molecule has 1 heterocycles. The normalized spacial score (nSPS) is 33.3. The van der Waals surface area contributed by atoms with Crippen LogP contribution in [0.4, 0.5) is 0 Å². The molecule has 1 aromatic rings. The molecule has 1 N–H and O–H groups in total. The first-order valence-corrected chi connectivity index (χ1v) is 11.8. The molecule has 3 fully saturated rings. The van der Waals surface area contributed by atoms with Crippen molar-refractivity contribution in [3.8, 4) is 0 Å². The monoisotopic (exact) mass is 416 g/mol. The fourth-order valence-corrected chi connectivity index (χ4v) is 7.01. The van der Waals surface area contributed by atoms with Gasteiger partial charge in [0.2, 0.25) is 0 Å². The minimum Gasteiger partial charge on any atom is -0.456 e. The first kappa shape index (κ1) is 18.9. The summed E-state index contributed by atoms with van der Waals surface area (Å²) in [6, 6.07) is 3.83. The lowest BCUT2D eigenvalue weighted by molar-refractivity contribution is -0.0176. The highest BCUT2D eigenvalue weighted by Crippen LogP contribution is 2.55. The molecule has 0 spiro atoms. The number of carbonyl (C=O) groups excluding carboxylic acids is 1. The molecular weight excluding hydrogens is 396 g/mol. The van der Waals surface area contributed by atoms with Crippen LogP contribution in [-0.2, 0) is 35.6 Å². The molecule has 8 nitrogen and oxygen atoms in total. The molecule has 4 rings (SSSR count). The molecule has 0 radical (unpaired) electrons. The van der Waals surface area contributed by atoms with Crippen LogP contribution in [0.15, 0.2) is 23.1 Å². The zero-order chi connectivity index (χ0) is 19.6. The quantitative estimate of drug-likeness (QED) is 0.435. The number of aryl methyl sites for hydroxylation is 1. The number of fused-ring (bicyclic) bond motifs is 1. The van der Waals surface area contributed by atoms with Gasteiger partial charge in [-0.25, -0.2) is 4.79 Å². The van der Waals surface area contributed by atoms with E-state index >= 15 is 0 Å². The highest BCUT2D eigenvalue weighted by molar-refractivity contribution is 7.87. The van der Waals surface area contributed by atoms with E-state index in [0.717, 1.165) is 12.5 Å². The number of hydrogen-bond acceptors (Lipinski definition) is 7. The van der Waals surface area contributed by atoms with E-state index in [1.165, 1.54) is 12.1 Å². The smallest absolute Gasteiger partial charge is 0.338 e. The maximum Gasteiger partial charge on any atom is 0.338 e. The predicted octanol–water partition coefficient (Wildman–Crippen LogP) is 1.55. The molecule has 0 amide bonds.